The number of rotatable bonds is 1. The summed E-state index contributed by atoms with van der Waals surface area (Å²) < 4.78 is 38.2. The zero-order chi connectivity index (χ0) is 19.9. The third-order valence-corrected chi connectivity index (χ3v) is 7.43. The molecular formula is C19H23N3O5S. The molecule has 0 bridgehead atoms. The summed E-state index contributed by atoms with van der Waals surface area (Å²) in [5, 5.41) is 3.80. The normalized spacial score (nSPS) is 21.4. The number of carbonyl (C=O) groups is 1. The molecule has 1 amide bonds. The van der Waals surface area contributed by atoms with E-state index in [0.29, 0.717) is 56.3 Å². The zero-order valence-corrected chi connectivity index (χ0v) is 16.7. The van der Waals surface area contributed by atoms with Gasteiger partial charge in [0.2, 0.25) is 10.0 Å². The Morgan fingerprint density at radius 1 is 1.21 bits per heavy atom. The second-order valence-electron chi connectivity index (χ2n) is 7.61. The van der Waals surface area contributed by atoms with Gasteiger partial charge in [0.05, 0.1) is 6.61 Å². The molecule has 0 radical (unpaired) electrons. The highest BCUT2D eigenvalue weighted by Gasteiger charge is 2.42. The maximum absolute atomic E-state index is 12.9. The van der Waals surface area contributed by atoms with Crippen LogP contribution in [0, 0.1) is 12.3 Å². The predicted molar refractivity (Wildman–Crippen MR) is 101 cm³/mol. The van der Waals surface area contributed by atoms with E-state index in [1.54, 1.807) is 49.2 Å². The molecule has 8 nitrogen and oxygen atoms in total. The quantitative estimate of drug-likeness (QED) is 0.720. The van der Waals surface area contributed by atoms with Crippen molar-refractivity contribution >= 4 is 15.9 Å². The lowest BCUT2D eigenvalue weighted by Gasteiger charge is -2.44. The molecule has 3 heterocycles. The molecule has 1 fully saturated rings. The number of nitrogens with zero attached hydrogens (tertiary/aromatic N) is 3. The summed E-state index contributed by atoms with van der Waals surface area (Å²) in [6.07, 6.45) is 1.30. The number of aromatic nitrogens is 1. The molecular weight excluding hydrogens is 382 g/mol. The fourth-order valence-electron chi connectivity index (χ4n) is 3.90. The Morgan fingerprint density at radius 2 is 1.93 bits per heavy atom. The summed E-state index contributed by atoms with van der Waals surface area (Å²) >= 11 is 0. The summed E-state index contributed by atoms with van der Waals surface area (Å²) in [6.45, 7) is 3.55. The molecule has 2 aliphatic heterocycles. The first-order valence-electron chi connectivity index (χ1n) is 9.22. The topological polar surface area (TPSA) is 93.0 Å². The van der Waals surface area contributed by atoms with Gasteiger partial charge in [0.1, 0.15) is 16.4 Å². The average Bonchev–Trinajstić information content (AvgIpc) is 3.12. The van der Waals surface area contributed by atoms with Crippen molar-refractivity contribution in [1.29, 1.82) is 0 Å². The van der Waals surface area contributed by atoms with Crippen molar-refractivity contribution in [3.05, 3.63) is 41.8 Å². The molecule has 4 rings (SSSR count). The maximum Gasteiger partial charge on any atom is 0.276 e. The molecule has 0 aliphatic carbocycles. The molecule has 2 aliphatic rings. The van der Waals surface area contributed by atoms with E-state index in [1.807, 2.05) is 0 Å². The van der Waals surface area contributed by atoms with Crippen LogP contribution in [0.1, 0.15) is 29.1 Å². The molecule has 0 unspecified atom stereocenters. The van der Waals surface area contributed by atoms with Gasteiger partial charge in [-0.2, -0.15) is 0 Å². The lowest BCUT2D eigenvalue weighted by atomic mass is 9.78. The summed E-state index contributed by atoms with van der Waals surface area (Å²) in [6, 6.07) is 8.35. The van der Waals surface area contributed by atoms with Gasteiger partial charge in [-0.05, 0) is 31.9 Å². The van der Waals surface area contributed by atoms with E-state index in [0.717, 1.165) is 0 Å². The van der Waals surface area contributed by atoms with E-state index in [2.05, 4.69) is 5.16 Å². The second kappa shape index (κ2) is 6.89. The summed E-state index contributed by atoms with van der Waals surface area (Å²) in [7, 11) is -2.01. The molecule has 28 heavy (non-hydrogen) atoms. The number of aryl methyl sites for hydroxylation is 1. The fraction of sp³-hybridized carbons (Fsp3) is 0.474. The number of para-hydroxylation sites is 1. The van der Waals surface area contributed by atoms with E-state index < -0.39 is 10.0 Å². The largest absolute Gasteiger partial charge is 0.492 e. The van der Waals surface area contributed by atoms with Gasteiger partial charge in [0, 0.05) is 38.2 Å². The van der Waals surface area contributed by atoms with Crippen LogP contribution in [-0.4, -0.2) is 62.0 Å². The Balaban J connectivity index is 1.53. The molecule has 9 heteroatoms. The van der Waals surface area contributed by atoms with Gasteiger partial charge in [-0.3, -0.25) is 4.79 Å². The Labute approximate surface area is 164 Å². The highest BCUT2D eigenvalue weighted by Crippen LogP contribution is 2.38. The molecule has 2 aromatic rings. The lowest BCUT2D eigenvalue weighted by molar-refractivity contribution is 0.0319. The fourth-order valence-corrected chi connectivity index (χ4v) is 5.31. The van der Waals surface area contributed by atoms with Crippen molar-refractivity contribution in [3.63, 3.8) is 0 Å². The van der Waals surface area contributed by atoms with Crippen molar-refractivity contribution in [2.75, 3.05) is 33.3 Å². The highest BCUT2D eigenvalue weighted by atomic mass is 32.2. The van der Waals surface area contributed by atoms with Crippen LogP contribution in [0.5, 0.6) is 5.75 Å². The number of likely N-dealkylation sites (tertiary alicyclic amines) is 1. The van der Waals surface area contributed by atoms with E-state index >= 15 is 0 Å². The third kappa shape index (κ3) is 3.29. The number of amides is 1. The van der Waals surface area contributed by atoms with Crippen LogP contribution in [0.4, 0.5) is 0 Å². The average molecular weight is 405 g/mol. The molecule has 150 valence electrons. The summed E-state index contributed by atoms with van der Waals surface area (Å²) in [5.74, 6) is 0.811. The molecule has 0 atom stereocenters. The number of benzene rings is 1. The first-order chi connectivity index (χ1) is 13.3. The van der Waals surface area contributed by atoms with Crippen molar-refractivity contribution < 1.29 is 22.5 Å². The molecule has 0 N–H and O–H groups in total. The number of hydrogen-bond donors (Lipinski definition) is 0. The maximum atomic E-state index is 12.9. The Kier molecular flexibility index (Phi) is 4.67. The minimum atomic E-state index is -3.62. The van der Waals surface area contributed by atoms with Crippen LogP contribution in [0.15, 0.2) is 39.8 Å². The molecule has 1 aromatic carbocycles. The smallest absolute Gasteiger partial charge is 0.276 e. The number of sulfonamides is 1. The number of piperidine rings is 1. The number of carbonyl (C=O) groups excluding carboxylic acids is 1. The second-order valence-corrected chi connectivity index (χ2v) is 9.62. The Hall–Kier alpha value is -2.39. The first kappa shape index (κ1) is 18.9. The minimum absolute atomic E-state index is 0.162. The number of hydrogen-bond acceptors (Lipinski definition) is 6. The van der Waals surface area contributed by atoms with E-state index in [1.165, 1.54) is 4.31 Å². The summed E-state index contributed by atoms with van der Waals surface area (Å²) in [5.41, 5.74) is -0.0396. The SMILES string of the molecule is Cc1cc(C(=O)N2CCC3(CC2)COc2ccccc2S(=O)(=O)N(C)C3)no1. The van der Waals surface area contributed by atoms with Crippen LogP contribution < -0.4 is 4.74 Å². The summed E-state index contributed by atoms with van der Waals surface area (Å²) in [4.78, 5) is 14.5. The third-order valence-electron chi connectivity index (χ3n) is 5.59. The van der Waals surface area contributed by atoms with Crippen molar-refractivity contribution in [3.8, 4) is 5.75 Å². The standard InChI is InChI=1S/C19H23N3O5S/c1-14-11-15(20-27-14)18(23)22-9-7-19(8-10-22)12-21(2)28(24,25)17-6-4-3-5-16(17)26-13-19/h3-6,11H,7-10,12-13H2,1-2H3. The number of fused-ring (bicyclic) bond motifs is 1. The lowest BCUT2D eigenvalue weighted by Crippen LogP contribution is -2.51. The van der Waals surface area contributed by atoms with E-state index in [9.17, 15) is 13.2 Å². The Bertz CT molecular complexity index is 993. The van der Waals surface area contributed by atoms with Crippen molar-refractivity contribution in [1.82, 2.24) is 14.4 Å². The highest BCUT2D eigenvalue weighted by molar-refractivity contribution is 7.89. The van der Waals surface area contributed by atoms with E-state index in [4.69, 9.17) is 9.26 Å². The zero-order valence-electron chi connectivity index (χ0n) is 15.9. The van der Waals surface area contributed by atoms with Crippen LogP contribution >= 0.6 is 0 Å². The van der Waals surface area contributed by atoms with Gasteiger partial charge >= 0.3 is 0 Å². The first-order valence-corrected chi connectivity index (χ1v) is 10.7. The molecule has 0 saturated carbocycles. The minimum Gasteiger partial charge on any atom is -0.492 e. The van der Waals surface area contributed by atoms with Gasteiger partial charge < -0.3 is 14.2 Å². The predicted octanol–water partition coefficient (Wildman–Crippen LogP) is 1.92. The molecule has 1 spiro atoms. The van der Waals surface area contributed by atoms with Gasteiger partial charge in [-0.1, -0.05) is 17.3 Å². The van der Waals surface area contributed by atoms with Crippen LogP contribution in [0.2, 0.25) is 0 Å². The van der Waals surface area contributed by atoms with Crippen molar-refractivity contribution in [2.24, 2.45) is 5.41 Å². The van der Waals surface area contributed by atoms with Gasteiger partial charge in [-0.25, -0.2) is 12.7 Å². The van der Waals surface area contributed by atoms with Gasteiger partial charge in [0.15, 0.2) is 5.69 Å². The monoisotopic (exact) mass is 405 g/mol. The Morgan fingerprint density at radius 3 is 2.61 bits per heavy atom. The van der Waals surface area contributed by atoms with Crippen LogP contribution in [-0.2, 0) is 10.0 Å². The molecule has 1 saturated heterocycles. The van der Waals surface area contributed by atoms with Crippen LogP contribution in [0.25, 0.3) is 0 Å². The molecule has 1 aromatic heterocycles. The van der Waals surface area contributed by atoms with Crippen molar-refractivity contribution in [2.45, 2.75) is 24.7 Å². The van der Waals surface area contributed by atoms with E-state index in [-0.39, 0.29) is 16.2 Å². The number of ether oxygens (including phenoxy) is 1. The van der Waals surface area contributed by atoms with Gasteiger partial charge in [0.25, 0.3) is 5.91 Å². The van der Waals surface area contributed by atoms with Crippen LogP contribution in [0.3, 0.4) is 0 Å². The van der Waals surface area contributed by atoms with Gasteiger partial charge in [-0.15, -0.1) is 0 Å².